The van der Waals surface area contributed by atoms with E-state index in [-0.39, 0.29) is 47.6 Å². The van der Waals surface area contributed by atoms with Crippen molar-refractivity contribution in [1.82, 2.24) is 9.55 Å². The number of anilines is 2. The van der Waals surface area contributed by atoms with Crippen LogP contribution in [-0.4, -0.2) is 45.8 Å². The number of benzene rings is 1. The Bertz CT molecular complexity index is 1540. The zero-order valence-corrected chi connectivity index (χ0v) is 20.5. The standard InChI is InChI=1S/C26H22F4N4O5/c1-33-10-13(7-20(24(33)37)32-23(36)16-9-18(16)27)15-2-4-31-22(17(15)11-35)34-5-3-12-6-14(39-26(29)30)8-19(28)21(12)25(34)38/h2,4,6-8,10,16,18,26,35H,3,5,9,11H2,1H3,(H,32,36). The van der Waals surface area contributed by atoms with Crippen LogP contribution in [0.4, 0.5) is 29.1 Å². The number of halogens is 4. The van der Waals surface area contributed by atoms with Crippen LogP contribution in [0, 0.1) is 11.7 Å². The molecular formula is C26H22F4N4O5. The second-order valence-corrected chi connectivity index (χ2v) is 9.25. The van der Waals surface area contributed by atoms with Gasteiger partial charge in [-0.1, -0.05) is 0 Å². The molecule has 0 bridgehead atoms. The SMILES string of the molecule is Cn1cc(-c2ccnc(N3CCc4cc(OC(F)F)cc(F)c4C3=O)c2CO)cc(NC(=O)C2CC2F)c1=O. The van der Waals surface area contributed by atoms with Crippen molar-refractivity contribution in [3.8, 4) is 16.9 Å². The lowest BCUT2D eigenvalue weighted by atomic mass is 9.96. The van der Waals surface area contributed by atoms with Gasteiger partial charge in [0.15, 0.2) is 0 Å². The van der Waals surface area contributed by atoms with E-state index in [4.69, 9.17) is 0 Å². The van der Waals surface area contributed by atoms with E-state index in [1.54, 1.807) is 0 Å². The van der Waals surface area contributed by atoms with Crippen LogP contribution >= 0.6 is 0 Å². The second kappa shape index (κ2) is 10.1. The van der Waals surface area contributed by atoms with Crippen LogP contribution in [0.1, 0.15) is 27.9 Å². The maximum Gasteiger partial charge on any atom is 0.387 e. The third-order valence-electron chi connectivity index (χ3n) is 6.68. The van der Waals surface area contributed by atoms with Gasteiger partial charge in [0.25, 0.3) is 11.5 Å². The first-order valence-electron chi connectivity index (χ1n) is 11.9. The molecule has 1 fully saturated rings. The lowest BCUT2D eigenvalue weighted by Crippen LogP contribution is -2.39. The lowest BCUT2D eigenvalue weighted by molar-refractivity contribution is -0.117. The van der Waals surface area contributed by atoms with Crippen molar-refractivity contribution in [1.29, 1.82) is 0 Å². The Morgan fingerprint density at radius 2 is 2.03 bits per heavy atom. The van der Waals surface area contributed by atoms with Gasteiger partial charge in [0.1, 0.15) is 29.2 Å². The highest BCUT2D eigenvalue weighted by atomic mass is 19.3. The van der Waals surface area contributed by atoms with E-state index in [9.17, 15) is 37.1 Å². The first kappa shape index (κ1) is 26.4. The third-order valence-corrected chi connectivity index (χ3v) is 6.68. The molecule has 2 unspecified atom stereocenters. The average molecular weight is 546 g/mol. The highest BCUT2D eigenvalue weighted by Gasteiger charge is 2.44. The number of rotatable bonds is 7. The Morgan fingerprint density at radius 3 is 2.69 bits per heavy atom. The van der Waals surface area contributed by atoms with Gasteiger partial charge in [-0.2, -0.15) is 8.78 Å². The molecule has 2 aromatic heterocycles. The van der Waals surface area contributed by atoms with Gasteiger partial charge in [-0.05, 0) is 42.2 Å². The number of hydrogen-bond donors (Lipinski definition) is 2. The number of alkyl halides is 3. The van der Waals surface area contributed by atoms with Crippen LogP contribution in [0.3, 0.4) is 0 Å². The van der Waals surface area contributed by atoms with Crippen LogP contribution in [0.25, 0.3) is 11.1 Å². The Hall–Kier alpha value is -4.26. The average Bonchev–Trinajstić information content (AvgIpc) is 3.62. The lowest BCUT2D eigenvalue weighted by Gasteiger charge is -2.30. The quantitative estimate of drug-likeness (QED) is 0.440. The molecule has 0 spiro atoms. The van der Waals surface area contributed by atoms with E-state index in [1.807, 2.05) is 0 Å². The number of hydrogen-bond acceptors (Lipinski definition) is 6. The summed E-state index contributed by atoms with van der Waals surface area (Å²) in [5.41, 5.74) is 0.204. The molecule has 5 rings (SSSR count). The van der Waals surface area contributed by atoms with E-state index in [2.05, 4.69) is 15.0 Å². The highest BCUT2D eigenvalue weighted by Crippen LogP contribution is 2.36. The molecule has 9 nitrogen and oxygen atoms in total. The molecule has 0 radical (unpaired) electrons. The molecule has 3 aromatic rings. The molecule has 1 aromatic carbocycles. The van der Waals surface area contributed by atoms with E-state index in [0.29, 0.717) is 17.2 Å². The Kier molecular flexibility index (Phi) is 6.85. The molecule has 2 aliphatic rings. The molecule has 2 amide bonds. The molecule has 2 N–H and O–H groups in total. The Morgan fingerprint density at radius 1 is 1.28 bits per heavy atom. The molecule has 0 saturated heterocycles. The minimum absolute atomic E-state index is 0.00717. The summed E-state index contributed by atoms with van der Waals surface area (Å²) in [6.07, 6.45) is 1.76. The number of pyridine rings is 2. The van der Waals surface area contributed by atoms with Gasteiger partial charge in [0.2, 0.25) is 5.91 Å². The van der Waals surface area contributed by atoms with Crippen molar-refractivity contribution in [2.24, 2.45) is 13.0 Å². The molecular weight excluding hydrogens is 524 g/mol. The maximum atomic E-state index is 14.8. The van der Waals surface area contributed by atoms with Gasteiger partial charge in [-0.3, -0.25) is 19.3 Å². The minimum Gasteiger partial charge on any atom is -0.435 e. The largest absolute Gasteiger partial charge is 0.435 e. The Labute approximate surface area is 218 Å². The minimum atomic E-state index is -3.15. The summed E-state index contributed by atoms with van der Waals surface area (Å²) in [5, 5.41) is 12.7. The van der Waals surface area contributed by atoms with Crippen molar-refractivity contribution in [2.75, 3.05) is 16.8 Å². The van der Waals surface area contributed by atoms with Crippen LogP contribution in [0.2, 0.25) is 0 Å². The van der Waals surface area contributed by atoms with Gasteiger partial charge in [-0.25, -0.2) is 13.8 Å². The van der Waals surface area contributed by atoms with Crippen molar-refractivity contribution < 1.29 is 37.0 Å². The van der Waals surface area contributed by atoms with Crippen LogP contribution in [0.5, 0.6) is 5.75 Å². The van der Waals surface area contributed by atoms with Gasteiger partial charge in [-0.15, -0.1) is 0 Å². The number of fused-ring (bicyclic) bond motifs is 1. The number of carbonyl (C=O) groups excluding carboxylic acids is 2. The Balaban J connectivity index is 1.52. The summed E-state index contributed by atoms with van der Waals surface area (Å²) in [6.45, 7) is -3.74. The van der Waals surface area contributed by atoms with Gasteiger partial charge < -0.3 is 19.7 Å². The van der Waals surface area contributed by atoms with Crippen molar-refractivity contribution in [2.45, 2.75) is 32.2 Å². The molecule has 3 heterocycles. The monoisotopic (exact) mass is 546 g/mol. The van der Waals surface area contributed by atoms with Crippen molar-refractivity contribution in [3.63, 3.8) is 0 Å². The molecule has 39 heavy (non-hydrogen) atoms. The first-order valence-corrected chi connectivity index (χ1v) is 11.9. The number of amides is 2. The fraction of sp³-hybridized carbons (Fsp3) is 0.308. The van der Waals surface area contributed by atoms with E-state index < -0.39 is 54.2 Å². The number of nitrogens with zero attached hydrogens (tertiary/aromatic N) is 3. The highest BCUT2D eigenvalue weighted by molar-refractivity contribution is 6.08. The number of aromatic nitrogens is 2. The third kappa shape index (κ3) is 4.97. The molecule has 13 heteroatoms. The van der Waals surface area contributed by atoms with Gasteiger partial charge >= 0.3 is 6.61 Å². The molecule has 1 aliphatic carbocycles. The normalized spacial score (nSPS) is 18.2. The number of aryl methyl sites for hydroxylation is 1. The summed E-state index contributed by atoms with van der Waals surface area (Å²) in [7, 11) is 1.46. The number of aliphatic hydroxyl groups is 1. The number of nitrogens with one attached hydrogen (secondary N) is 1. The topological polar surface area (TPSA) is 114 Å². The van der Waals surface area contributed by atoms with E-state index in [0.717, 1.165) is 0 Å². The molecule has 1 saturated carbocycles. The summed E-state index contributed by atoms with van der Waals surface area (Å²) in [4.78, 5) is 43.6. The first-order chi connectivity index (χ1) is 18.6. The van der Waals surface area contributed by atoms with E-state index >= 15 is 0 Å². The van der Waals surface area contributed by atoms with Crippen LogP contribution < -0.4 is 20.5 Å². The maximum absolute atomic E-state index is 14.8. The molecule has 2 atom stereocenters. The summed E-state index contributed by atoms with van der Waals surface area (Å²) >= 11 is 0. The predicted molar refractivity (Wildman–Crippen MR) is 131 cm³/mol. The van der Waals surface area contributed by atoms with Crippen molar-refractivity contribution in [3.05, 3.63) is 69.5 Å². The zero-order chi connectivity index (χ0) is 28.0. The fourth-order valence-corrected chi connectivity index (χ4v) is 4.66. The number of aliphatic hydroxyl groups excluding tert-OH is 1. The van der Waals surface area contributed by atoms with Gasteiger partial charge in [0, 0.05) is 43.2 Å². The van der Waals surface area contributed by atoms with Gasteiger partial charge in [0.05, 0.1) is 18.1 Å². The predicted octanol–water partition coefficient (Wildman–Crippen LogP) is 3.18. The summed E-state index contributed by atoms with van der Waals surface area (Å²) in [6, 6.07) is 4.81. The van der Waals surface area contributed by atoms with Crippen LogP contribution in [-0.2, 0) is 24.9 Å². The number of ether oxygens (including phenoxy) is 1. The number of carbonyl (C=O) groups is 2. The molecule has 1 aliphatic heterocycles. The molecule has 204 valence electrons. The van der Waals surface area contributed by atoms with E-state index in [1.165, 1.54) is 47.1 Å². The van der Waals surface area contributed by atoms with Crippen molar-refractivity contribution >= 4 is 23.3 Å². The second-order valence-electron chi connectivity index (χ2n) is 9.25. The smallest absolute Gasteiger partial charge is 0.387 e. The van der Waals surface area contributed by atoms with Crippen LogP contribution in [0.15, 0.2) is 41.5 Å². The summed E-state index contributed by atoms with van der Waals surface area (Å²) in [5.74, 6) is -3.61. The zero-order valence-electron chi connectivity index (χ0n) is 20.5. The summed E-state index contributed by atoms with van der Waals surface area (Å²) < 4.78 is 58.8. The fourth-order valence-electron chi connectivity index (χ4n) is 4.66.